The number of hydrogen-bond acceptors (Lipinski definition) is 2. The first kappa shape index (κ1) is 14.6. The average molecular weight is 272 g/mol. The van der Waals surface area contributed by atoms with Crippen molar-refractivity contribution in [2.75, 3.05) is 5.32 Å². The predicted octanol–water partition coefficient (Wildman–Crippen LogP) is 2.66. The van der Waals surface area contributed by atoms with Gasteiger partial charge >= 0.3 is 6.03 Å². The minimum absolute atomic E-state index is 0.134. The van der Waals surface area contributed by atoms with Crippen LogP contribution in [0, 0.1) is 5.82 Å². The van der Waals surface area contributed by atoms with E-state index in [-0.39, 0.29) is 5.69 Å². The zero-order chi connectivity index (χ0) is 14.3. The van der Waals surface area contributed by atoms with Crippen molar-refractivity contribution in [2.45, 2.75) is 6.43 Å². The molecule has 1 heterocycles. The van der Waals surface area contributed by atoms with Crippen LogP contribution >= 0.6 is 0 Å². The smallest absolute Gasteiger partial charge is 0.316 e. The number of aromatic nitrogens is 2. The molecule has 19 heavy (non-hydrogen) atoms. The van der Waals surface area contributed by atoms with Crippen LogP contribution in [0.4, 0.5) is 23.7 Å². The van der Waals surface area contributed by atoms with Gasteiger partial charge in [-0.05, 0) is 24.3 Å². The number of alkyl halides is 2. The number of aromatic amines is 1. The second-order valence-electron chi connectivity index (χ2n) is 3.31. The summed E-state index contributed by atoms with van der Waals surface area (Å²) >= 11 is 0. The van der Waals surface area contributed by atoms with Crippen LogP contribution in [-0.2, 0) is 0 Å². The van der Waals surface area contributed by atoms with E-state index in [2.05, 4.69) is 15.5 Å². The Hall–Kier alpha value is -2.51. The van der Waals surface area contributed by atoms with Gasteiger partial charge < -0.3 is 11.1 Å². The minimum Gasteiger partial charge on any atom is -0.351 e. The van der Waals surface area contributed by atoms with Crippen molar-refractivity contribution in [3.63, 3.8) is 0 Å². The zero-order valence-electron chi connectivity index (χ0n) is 9.61. The number of amides is 2. The number of rotatable bonds is 2. The van der Waals surface area contributed by atoms with Crippen LogP contribution in [0.15, 0.2) is 36.5 Å². The first-order valence-electron chi connectivity index (χ1n) is 5.08. The van der Waals surface area contributed by atoms with E-state index < -0.39 is 18.3 Å². The number of carbonyl (C=O) groups excluding carboxylic acids is 1. The quantitative estimate of drug-likeness (QED) is 0.785. The predicted molar refractivity (Wildman–Crippen MR) is 63.2 cm³/mol. The summed E-state index contributed by atoms with van der Waals surface area (Å²) in [5, 5.41) is 7.72. The van der Waals surface area contributed by atoms with Gasteiger partial charge in [0.05, 0.1) is 0 Å². The molecule has 0 aliphatic rings. The summed E-state index contributed by atoms with van der Waals surface area (Å²) in [6.07, 6.45) is -1.14. The Balaban J connectivity index is 0.000000200. The van der Waals surface area contributed by atoms with E-state index in [1.165, 1.54) is 30.5 Å². The molecule has 0 bridgehead atoms. The normalized spacial score (nSPS) is 9.68. The van der Waals surface area contributed by atoms with Crippen LogP contribution in [0.1, 0.15) is 12.1 Å². The summed E-state index contributed by atoms with van der Waals surface area (Å²) in [6.45, 7) is 0. The Morgan fingerprint density at radius 1 is 1.37 bits per heavy atom. The number of urea groups is 1. The SMILES string of the molecule is FC(F)c1ccn[nH]1.NC(=O)Nc1cccc(F)c1. The maximum absolute atomic E-state index is 12.4. The monoisotopic (exact) mass is 272 g/mol. The van der Waals surface area contributed by atoms with E-state index in [9.17, 15) is 18.0 Å². The Labute approximate surface area is 106 Å². The van der Waals surface area contributed by atoms with Gasteiger partial charge in [-0.2, -0.15) is 5.10 Å². The first-order chi connectivity index (χ1) is 8.99. The van der Waals surface area contributed by atoms with E-state index in [1.54, 1.807) is 6.07 Å². The highest BCUT2D eigenvalue weighted by Crippen LogP contribution is 2.13. The fourth-order valence-electron chi connectivity index (χ4n) is 1.10. The molecule has 2 aromatic rings. The number of nitrogens with zero attached hydrogens (tertiary/aromatic N) is 1. The van der Waals surface area contributed by atoms with Crippen molar-refractivity contribution in [3.05, 3.63) is 48.0 Å². The number of anilines is 1. The lowest BCUT2D eigenvalue weighted by atomic mass is 10.3. The van der Waals surface area contributed by atoms with Gasteiger partial charge in [-0.3, -0.25) is 5.10 Å². The third kappa shape index (κ3) is 5.57. The molecule has 0 radical (unpaired) electrons. The lowest BCUT2D eigenvalue weighted by Gasteiger charge is -1.99. The number of carbonyl (C=O) groups is 1. The van der Waals surface area contributed by atoms with Gasteiger partial charge in [-0.25, -0.2) is 18.0 Å². The van der Waals surface area contributed by atoms with Gasteiger partial charge in [0.1, 0.15) is 11.5 Å². The Morgan fingerprint density at radius 2 is 2.11 bits per heavy atom. The third-order valence-corrected chi connectivity index (χ3v) is 1.85. The summed E-state index contributed by atoms with van der Waals surface area (Å²) in [5.74, 6) is -0.406. The lowest BCUT2D eigenvalue weighted by molar-refractivity contribution is 0.146. The van der Waals surface area contributed by atoms with Crippen molar-refractivity contribution in [1.82, 2.24) is 10.2 Å². The molecule has 0 atom stereocenters. The second kappa shape index (κ2) is 7.04. The molecule has 0 spiro atoms. The molecular formula is C11H11F3N4O. The maximum atomic E-state index is 12.4. The van der Waals surface area contributed by atoms with Gasteiger partial charge in [0, 0.05) is 11.9 Å². The van der Waals surface area contributed by atoms with Gasteiger partial charge in [0.15, 0.2) is 0 Å². The van der Waals surface area contributed by atoms with Gasteiger partial charge in [0.2, 0.25) is 0 Å². The highest BCUT2D eigenvalue weighted by atomic mass is 19.3. The molecule has 4 N–H and O–H groups in total. The van der Waals surface area contributed by atoms with E-state index >= 15 is 0 Å². The molecule has 0 unspecified atom stereocenters. The van der Waals surface area contributed by atoms with Gasteiger partial charge in [0.25, 0.3) is 6.43 Å². The number of halogens is 3. The van der Waals surface area contributed by atoms with Crippen LogP contribution in [0.25, 0.3) is 0 Å². The van der Waals surface area contributed by atoms with Crippen molar-refractivity contribution in [1.29, 1.82) is 0 Å². The Kier molecular flexibility index (Phi) is 5.39. The van der Waals surface area contributed by atoms with Crippen LogP contribution < -0.4 is 11.1 Å². The molecule has 0 aliphatic carbocycles. The summed E-state index contributed by atoms with van der Waals surface area (Å²) < 4.78 is 35.5. The summed E-state index contributed by atoms with van der Waals surface area (Å²) in [7, 11) is 0. The molecule has 1 aromatic heterocycles. The molecule has 2 rings (SSSR count). The van der Waals surface area contributed by atoms with Crippen LogP contribution in [0.5, 0.6) is 0 Å². The Morgan fingerprint density at radius 3 is 2.53 bits per heavy atom. The summed E-state index contributed by atoms with van der Waals surface area (Å²) in [5.41, 5.74) is 5.03. The topological polar surface area (TPSA) is 83.8 Å². The average Bonchev–Trinajstić information content (AvgIpc) is 2.82. The summed E-state index contributed by atoms with van der Waals surface area (Å²) in [6, 6.07) is 6.05. The standard InChI is InChI=1S/C7H7FN2O.C4H4F2N2/c8-5-2-1-3-6(4-5)10-7(9)11;5-4(6)3-1-2-7-8-3/h1-4H,(H3,9,10,11);1-2,4H,(H,7,8). The molecular weight excluding hydrogens is 261 g/mol. The minimum atomic E-state index is -2.43. The van der Waals surface area contributed by atoms with E-state index in [0.717, 1.165) is 0 Å². The molecule has 0 saturated heterocycles. The van der Waals surface area contributed by atoms with E-state index in [4.69, 9.17) is 5.73 Å². The van der Waals surface area contributed by atoms with Crippen molar-refractivity contribution in [2.24, 2.45) is 5.73 Å². The van der Waals surface area contributed by atoms with Gasteiger partial charge in [-0.15, -0.1) is 0 Å². The molecule has 0 saturated carbocycles. The molecule has 0 aliphatic heterocycles. The fourth-order valence-corrected chi connectivity index (χ4v) is 1.10. The van der Waals surface area contributed by atoms with E-state index in [1.807, 2.05) is 0 Å². The molecule has 1 aromatic carbocycles. The lowest BCUT2D eigenvalue weighted by Crippen LogP contribution is -2.19. The van der Waals surface area contributed by atoms with Gasteiger partial charge in [-0.1, -0.05) is 6.07 Å². The number of nitrogens with one attached hydrogen (secondary N) is 2. The highest BCUT2D eigenvalue weighted by molar-refractivity contribution is 5.87. The third-order valence-electron chi connectivity index (χ3n) is 1.85. The molecule has 8 heteroatoms. The number of nitrogens with two attached hydrogens (primary N) is 1. The fraction of sp³-hybridized carbons (Fsp3) is 0.0909. The van der Waals surface area contributed by atoms with Crippen molar-refractivity contribution in [3.8, 4) is 0 Å². The molecule has 102 valence electrons. The van der Waals surface area contributed by atoms with Crippen LogP contribution in [-0.4, -0.2) is 16.2 Å². The molecule has 0 fully saturated rings. The second-order valence-corrected chi connectivity index (χ2v) is 3.31. The number of primary amides is 1. The maximum Gasteiger partial charge on any atom is 0.316 e. The Bertz CT molecular complexity index is 516. The zero-order valence-corrected chi connectivity index (χ0v) is 9.61. The largest absolute Gasteiger partial charge is 0.351 e. The first-order valence-corrected chi connectivity index (χ1v) is 5.08. The number of benzene rings is 1. The van der Waals surface area contributed by atoms with Crippen LogP contribution in [0.3, 0.4) is 0 Å². The van der Waals surface area contributed by atoms with Crippen molar-refractivity contribution < 1.29 is 18.0 Å². The van der Waals surface area contributed by atoms with Crippen molar-refractivity contribution >= 4 is 11.7 Å². The summed E-state index contributed by atoms with van der Waals surface area (Å²) in [4.78, 5) is 10.3. The molecule has 5 nitrogen and oxygen atoms in total. The molecule has 2 amide bonds. The highest BCUT2D eigenvalue weighted by Gasteiger charge is 2.05. The van der Waals surface area contributed by atoms with Crippen LogP contribution in [0.2, 0.25) is 0 Å². The van der Waals surface area contributed by atoms with E-state index in [0.29, 0.717) is 5.69 Å². The number of hydrogen-bond donors (Lipinski definition) is 3. The number of H-pyrrole nitrogens is 1.